The van der Waals surface area contributed by atoms with Gasteiger partial charge >= 0.3 is 0 Å². The van der Waals surface area contributed by atoms with Crippen LogP contribution in [0.3, 0.4) is 0 Å². The second-order valence-electron chi connectivity index (χ2n) is 7.93. The van der Waals surface area contributed by atoms with E-state index in [-0.39, 0.29) is 11.8 Å². The maximum absolute atomic E-state index is 13.0. The molecule has 0 aliphatic carbocycles. The number of hydrogen-bond donors (Lipinski definition) is 1. The highest BCUT2D eigenvalue weighted by Gasteiger charge is 2.27. The Balaban J connectivity index is 2.09. The summed E-state index contributed by atoms with van der Waals surface area (Å²) >= 11 is 0. The molecule has 0 fully saturated rings. The maximum atomic E-state index is 13.0. The van der Waals surface area contributed by atoms with Crippen LogP contribution in [-0.2, 0) is 22.6 Å². The van der Waals surface area contributed by atoms with Crippen molar-refractivity contribution in [2.24, 2.45) is 5.41 Å². The minimum Gasteiger partial charge on any atom is -0.344 e. The molecule has 0 aliphatic heterocycles. The molecule has 0 bridgehead atoms. The number of carbonyl (C=O) groups excluding carboxylic acids is 2. The molecule has 0 saturated carbocycles. The van der Waals surface area contributed by atoms with E-state index in [4.69, 9.17) is 0 Å². The van der Waals surface area contributed by atoms with E-state index in [9.17, 15) is 9.59 Å². The van der Waals surface area contributed by atoms with Crippen LogP contribution < -0.4 is 5.32 Å². The number of nitrogens with one attached hydrogen (secondary N) is 1. The lowest BCUT2D eigenvalue weighted by atomic mass is 9.95. The van der Waals surface area contributed by atoms with Gasteiger partial charge in [0.2, 0.25) is 11.8 Å². The van der Waals surface area contributed by atoms with E-state index in [1.165, 1.54) is 5.56 Å². The van der Waals surface area contributed by atoms with E-state index in [2.05, 4.69) is 17.4 Å². The summed E-state index contributed by atoms with van der Waals surface area (Å²) in [5.41, 5.74) is 1.74. The molecule has 0 saturated heterocycles. The molecule has 0 radical (unpaired) electrons. The summed E-state index contributed by atoms with van der Waals surface area (Å²) in [7, 11) is 0. The van der Waals surface area contributed by atoms with Gasteiger partial charge in [-0.2, -0.15) is 0 Å². The summed E-state index contributed by atoms with van der Waals surface area (Å²) in [6.07, 6.45) is 0.777. The molecule has 0 heterocycles. The molecule has 27 heavy (non-hydrogen) atoms. The Morgan fingerprint density at radius 1 is 0.926 bits per heavy atom. The molecular formula is C23H30N2O2. The van der Waals surface area contributed by atoms with Crippen molar-refractivity contribution in [3.63, 3.8) is 0 Å². The Labute approximate surface area is 162 Å². The third kappa shape index (κ3) is 6.55. The van der Waals surface area contributed by atoms with Crippen molar-refractivity contribution in [2.45, 2.75) is 46.7 Å². The van der Waals surface area contributed by atoms with Crippen LogP contribution in [-0.4, -0.2) is 29.3 Å². The average molecular weight is 367 g/mol. The van der Waals surface area contributed by atoms with Crippen molar-refractivity contribution in [3.05, 3.63) is 71.8 Å². The van der Waals surface area contributed by atoms with Crippen LogP contribution in [0.4, 0.5) is 0 Å². The smallest absolute Gasteiger partial charge is 0.245 e. The van der Waals surface area contributed by atoms with Crippen LogP contribution in [0, 0.1) is 5.41 Å². The van der Waals surface area contributed by atoms with Crippen molar-refractivity contribution in [2.75, 3.05) is 6.54 Å². The van der Waals surface area contributed by atoms with Crippen LogP contribution in [0.25, 0.3) is 0 Å². The second kappa shape index (κ2) is 9.36. The van der Waals surface area contributed by atoms with E-state index >= 15 is 0 Å². The van der Waals surface area contributed by atoms with Gasteiger partial charge in [0.1, 0.15) is 6.04 Å². The fraction of sp³-hybridized carbons (Fsp3) is 0.391. The Hall–Kier alpha value is -2.62. The van der Waals surface area contributed by atoms with E-state index in [1.54, 1.807) is 6.92 Å². The average Bonchev–Trinajstić information content (AvgIpc) is 2.65. The highest BCUT2D eigenvalue weighted by Crippen LogP contribution is 2.14. The molecule has 2 rings (SSSR count). The van der Waals surface area contributed by atoms with E-state index in [1.807, 2.05) is 74.2 Å². The number of benzene rings is 2. The van der Waals surface area contributed by atoms with Crippen molar-refractivity contribution < 1.29 is 9.59 Å². The molecule has 1 N–H and O–H groups in total. The number of rotatable bonds is 7. The Morgan fingerprint density at radius 2 is 1.44 bits per heavy atom. The summed E-state index contributed by atoms with van der Waals surface area (Å²) < 4.78 is 0. The van der Waals surface area contributed by atoms with Crippen LogP contribution in [0.15, 0.2) is 60.7 Å². The minimum atomic E-state index is -0.559. The molecule has 2 aromatic rings. The Kier molecular flexibility index (Phi) is 7.17. The van der Waals surface area contributed by atoms with Gasteiger partial charge in [-0.05, 0) is 24.5 Å². The zero-order valence-corrected chi connectivity index (χ0v) is 16.7. The fourth-order valence-electron chi connectivity index (χ4n) is 2.73. The van der Waals surface area contributed by atoms with Gasteiger partial charge in [-0.15, -0.1) is 0 Å². The highest BCUT2D eigenvalue weighted by atomic mass is 16.2. The quantitative estimate of drug-likeness (QED) is 0.810. The van der Waals surface area contributed by atoms with Crippen molar-refractivity contribution >= 4 is 11.8 Å². The Bertz CT molecular complexity index is 736. The van der Waals surface area contributed by atoms with Crippen molar-refractivity contribution in [3.8, 4) is 0 Å². The molecule has 0 aromatic heterocycles. The molecule has 1 atom stereocenters. The predicted octanol–water partition coefficient (Wildman–Crippen LogP) is 3.81. The van der Waals surface area contributed by atoms with Crippen LogP contribution in [0.5, 0.6) is 0 Å². The monoisotopic (exact) mass is 366 g/mol. The molecule has 2 amide bonds. The maximum Gasteiger partial charge on any atom is 0.245 e. The molecule has 0 spiro atoms. The van der Waals surface area contributed by atoms with Crippen LogP contribution in [0.1, 0.15) is 38.8 Å². The van der Waals surface area contributed by atoms with E-state index in [0.717, 1.165) is 12.0 Å². The Morgan fingerprint density at radius 3 is 1.96 bits per heavy atom. The summed E-state index contributed by atoms with van der Waals surface area (Å²) in [6, 6.07) is 19.5. The van der Waals surface area contributed by atoms with Gasteiger partial charge in [-0.1, -0.05) is 81.4 Å². The first-order chi connectivity index (χ1) is 12.8. The molecule has 0 aliphatic rings. The first kappa shape index (κ1) is 20.7. The highest BCUT2D eigenvalue weighted by molar-refractivity contribution is 5.89. The molecule has 4 heteroatoms. The zero-order chi connectivity index (χ0) is 19.9. The van der Waals surface area contributed by atoms with Gasteiger partial charge in [0.25, 0.3) is 0 Å². The third-order valence-corrected chi connectivity index (χ3v) is 4.44. The number of nitrogens with zero attached hydrogens (tertiary/aromatic N) is 1. The van der Waals surface area contributed by atoms with E-state index < -0.39 is 11.5 Å². The summed E-state index contributed by atoms with van der Waals surface area (Å²) in [5.74, 6) is -0.182. The lowest BCUT2D eigenvalue weighted by molar-refractivity contribution is -0.138. The largest absolute Gasteiger partial charge is 0.344 e. The van der Waals surface area contributed by atoms with Crippen molar-refractivity contribution in [1.82, 2.24) is 10.2 Å². The summed E-state index contributed by atoms with van der Waals surface area (Å²) in [4.78, 5) is 27.1. The third-order valence-electron chi connectivity index (χ3n) is 4.44. The van der Waals surface area contributed by atoms with Gasteiger partial charge in [-0.3, -0.25) is 9.59 Å². The topological polar surface area (TPSA) is 49.4 Å². The van der Waals surface area contributed by atoms with Gasteiger partial charge < -0.3 is 10.2 Å². The van der Waals surface area contributed by atoms with Gasteiger partial charge in [-0.25, -0.2) is 0 Å². The number of carbonyl (C=O) groups is 2. The van der Waals surface area contributed by atoms with Gasteiger partial charge in [0.15, 0.2) is 0 Å². The van der Waals surface area contributed by atoms with Gasteiger partial charge in [0, 0.05) is 18.5 Å². The lowest BCUT2D eigenvalue weighted by Crippen LogP contribution is -2.49. The predicted molar refractivity (Wildman–Crippen MR) is 109 cm³/mol. The molecule has 4 nitrogen and oxygen atoms in total. The lowest BCUT2D eigenvalue weighted by Gasteiger charge is -2.28. The zero-order valence-electron chi connectivity index (χ0n) is 16.7. The molecule has 2 aromatic carbocycles. The number of amides is 2. The SMILES string of the molecule is CC(NC(=O)C(C)(C)C)C(=O)N(CCc1ccccc1)Cc1ccccc1. The van der Waals surface area contributed by atoms with E-state index in [0.29, 0.717) is 13.1 Å². The summed E-state index contributed by atoms with van der Waals surface area (Å²) in [5, 5.41) is 2.85. The first-order valence-electron chi connectivity index (χ1n) is 9.45. The van der Waals surface area contributed by atoms with Gasteiger partial charge in [0.05, 0.1) is 0 Å². The normalized spacial score (nSPS) is 12.3. The first-order valence-corrected chi connectivity index (χ1v) is 9.45. The standard InChI is InChI=1S/C23H30N2O2/c1-18(24-22(27)23(2,3)4)21(26)25(17-20-13-9-6-10-14-20)16-15-19-11-7-5-8-12-19/h5-14,18H,15-17H2,1-4H3,(H,24,27). The second-order valence-corrected chi connectivity index (χ2v) is 7.93. The minimum absolute atomic E-state index is 0.0626. The molecular weight excluding hydrogens is 336 g/mol. The van der Waals surface area contributed by atoms with Crippen LogP contribution in [0.2, 0.25) is 0 Å². The molecule has 144 valence electrons. The van der Waals surface area contributed by atoms with Crippen LogP contribution >= 0.6 is 0 Å². The number of hydrogen-bond acceptors (Lipinski definition) is 2. The molecule has 1 unspecified atom stereocenters. The van der Waals surface area contributed by atoms with Crippen molar-refractivity contribution in [1.29, 1.82) is 0 Å². The fourth-order valence-corrected chi connectivity index (χ4v) is 2.73. The summed E-state index contributed by atoms with van der Waals surface area (Å²) in [6.45, 7) is 8.42.